The molecular weight excluding hydrogens is 320 g/mol. The minimum absolute atomic E-state index is 0.0365. The molecule has 1 unspecified atom stereocenters. The predicted octanol–water partition coefficient (Wildman–Crippen LogP) is 3.17. The van der Waals surface area contributed by atoms with E-state index in [9.17, 15) is 9.59 Å². The van der Waals surface area contributed by atoms with Gasteiger partial charge in [-0.3, -0.25) is 14.6 Å². The van der Waals surface area contributed by atoms with Crippen LogP contribution in [0.3, 0.4) is 0 Å². The van der Waals surface area contributed by atoms with Crippen LogP contribution in [0.5, 0.6) is 5.75 Å². The van der Waals surface area contributed by atoms with Crippen molar-refractivity contribution < 1.29 is 19.4 Å². The lowest BCUT2D eigenvalue weighted by atomic mass is 9.85. The number of carbonyl (C=O) groups is 2. The zero-order valence-electron chi connectivity index (χ0n) is 15.2. The lowest BCUT2D eigenvalue weighted by molar-refractivity contribution is -0.138. The number of amides is 1. The van der Waals surface area contributed by atoms with Crippen LogP contribution in [0.4, 0.5) is 0 Å². The molecule has 0 spiro atoms. The van der Waals surface area contributed by atoms with Crippen molar-refractivity contribution in [3.63, 3.8) is 0 Å². The summed E-state index contributed by atoms with van der Waals surface area (Å²) in [7, 11) is 1.59. The quantitative estimate of drug-likeness (QED) is 0.840. The van der Waals surface area contributed by atoms with E-state index in [0.29, 0.717) is 17.0 Å². The number of rotatable bonds is 6. The van der Waals surface area contributed by atoms with Gasteiger partial charge in [-0.2, -0.15) is 0 Å². The number of aliphatic carboxylic acids is 1. The Kier molecular flexibility index (Phi) is 5.30. The van der Waals surface area contributed by atoms with E-state index in [0.717, 1.165) is 10.9 Å². The van der Waals surface area contributed by atoms with Gasteiger partial charge in [-0.15, -0.1) is 0 Å². The largest absolute Gasteiger partial charge is 0.497 e. The number of fused-ring (bicyclic) bond motifs is 1. The van der Waals surface area contributed by atoms with E-state index in [1.165, 1.54) is 0 Å². The van der Waals surface area contributed by atoms with Gasteiger partial charge < -0.3 is 15.2 Å². The number of pyridine rings is 1. The molecule has 2 rings (SSSR count). The summed E-state index contributed by atoms with van der Waals surface area (Å²) in [5, 5.41) is 12.9. The average molecular weight is 344 g/mol. The third kappa shape index (κ3) is 4.07. The fourth-order valence-electron chi connectivity index (χ4n) is 2.63. The van der Waals surface area contributed by atoms with Gasteiger partial charge in [0.05, 0.1) is 35.8 Å². The zero-order chi connectivity index (χ0) is 18.8. The molecule has 134 valence electrons. The summed E-state index contributed by atoms with van der Waals surface area (Å²) < 4.78 is 5.19. The molecule has 0 radical (unpaired) electrons. The molecule has 1 atom stereocenters. The number of benzene rings is 1. The van der Waals surface area contributed by atoms with E-state index in [-0.39, 0.29) is 18.2 Å². The number of ether oxygens (including phenoxy) is 1. The lowest BCUT2D eigenvalue weighted by Gasteiger charge is -2.33. The Morgan fingerprint density at radius 3 is 2.56 bits per heavy atom. The van der Waals surface area contributed by atoms with Crippen molar-refractivity contribution in [2.45, 2.75) is 39.7 Å². The number of nitrogens with one attached hydrogen (secondary N) is 1. The summed E-state index contributed by atoms with van der Waals surface area (Å²) >= 11 is 0. The van der Waals surface area contributed by atoms with Crippen LogP contribution in [0.1, 0.15) is 43.2 Å². The second-order valence-electron chi connectivity index (χ2n) is 6.78. The Bertz CT molecular complexity index is 816. The first-order chi connectivity index (χ1) is 11.7. The highest BCUT2D eigenvalue weighted by atomic mass is 16.5. The van der Waals surface area contributed by atoms with Crippen molar-refractivity contribution in [3.8, 4) is 5.75 Å². The second kappa shape index (κ2) is 7.09. The maximum Gasteiger partial charge on any atom is 0.305 e. The van der Waals surface area contributed by atoms with Gasteiger partial charge in [0, 0.05) is 11.5 Å². The fraction of sp³-hybridized carbons (Fsp3) is 0.421. The van der Waals surface area contributed by atoms with Crippen LogP contribution in [0, 0.1) is 12.8 Å². The molecule has 1 heterocycles. The lowest BCUT2D eigenvalue weighted by Crippen LogP contribution is -2.51. The number of aryl methyl sites for hydroxylation is 1. The molecule has 0 aliphatic heterocycles. The first-order valence-electron chi connectivity index (χ1n) is 8.16. The number of carbonyl (C=O) groups excluding carboxylic acids is 1. The van der Waals surface area contributed by atoms with E-state index in [2.05, 4.69) is 10.3 Å². The van der Waals surface area contributed by atoms with E-state index in [4.69, 9.17) is 9.84 Å². The van der Waals surface area contributed by atoms with E-state index in [1.807, 2.05) is 32.0 Å². The number of nitrogens with zero attached hydrogens (tertiary/aromatic N) is 1. The normalized spacial score (nSPS) is 13.5. The summed E-state index contributed by atoms with van der Waals surface area (Å²) in [6, 6.07) is 7.24. The molecular formula is C19H24N2O4. The standard InChI is InChI=1S/C19H24N2O4/c1-11(2)19(4,10-17(22)23)21-18(24)15-8-13-6-7-14(25-5)9-16(13)20-12(15)3/h6-9,11H,10H2,1-5H3,(H,21,24)(H,22,23). The molecule has 6 nitrogen and oxygen atoms in total. The molecule has 0 saturated carbocycles. The summed E-state index contributed by atoms with van der Waals surface area (Å²) in [6.45, 7) is 7.29. The second-order valence-corrected chi connectivity index (χ2v) is 6.78. The topological polar surface area (TPSA) is 88.5 Å². The van der Waals surface area contributed by atoms with Crippen LogP contribution in [-0.4, -0.2) is 34.6 Å². The van der Waals surface area contributed by atoms with E-state index >= 15 is 0 Å². The van der Waals surface area contributed by atoms with E-state index < -0.39 is 11.5 Å². The van der Waals surface area contributed by atoms with Gasteiger partial charge >= 0.3 is 5.97 Å². The Balaban J connectivity index is 2.38. The number of hydrogen-bond acceptors (Lipinski definition) is 4. The number of carboxylic acid groups (broad SMARTS) is 1. The predicted molar refractivity (Wildman–Crippen MR) is 96.0 cm³/mol. The first-order valence-corrected chi connectivity index (χ1v) is 8.16. The summed E-state index contributed by atoms with van der Waals surface area (Å²) in [6.07, 6.45) is -0.145. The molecule has 2 N–H and O–H groups in total. The van der Waals surface area contributed by atoms with E-state index in [1.54, 1.807) is 27.0 Å². The van der Waals surface area contributed by atoms with Crippen molar-refractivity contribution in [3.05, 3.63) is 35.5 Å². The third-order valence-electron chi connectivity index (χ3n) is 4.65. The monoisotopic (exact) mass is 344 g/mol. The van der Waals surface area contributed by atoms with Crippen LogP contribution in [0.2, 0.25) is 0 Å². The molecule has 0 saturated heterocycles. The van der Waals surface area contributed by atoms with Crippen molar-refractivity contribution in [1.29, 1.82) is 0 Å². The molecule has 0 bridgehead atoms. The van der Waals surface area contributed by atoms with Gasteiger partial charge in [0.15, 0.2) is 0 Å². The van der Waals surface area contributed by atoms with Crippen molar-refractivity contribution >= 4 is 22.8 Å². The zero-order valence-corrected chi connectivity index (χ0v) is 15.2. The number of aromatic nitrogens is 1. The average Bonchev–Trinajstić information content (AvgIpc) is 2.52. The Hall–Kier alpha value is -2.63. The first kappa shape index (κ1) is 18.7. The molecule has 0 fully saturated rings. The molecule has 6 heteroatoms. The van der Waals surface area contributed by atoms with Gasteiger partial charge in [0.2, 0.25) is 0 Å². The molecule has 25 heavy (non-hydrogen) atoms. The highest BCUT2D eigenvalue weighted by Crippen LogP contribution is 2.24. The molecule has 2 aromatic rings. The number of carboxylic acids is 1. The summed E-state index contributed by atoms with van der Waals surface area (Å²) in [5.74, 6) is -0.604. The molecule has 1 aromatic carbocycles. The van der Waals surface area contributed by atoms with Gasteiger partial charge in [-0.1, -0.05) is 13.8 Å². The van der Waals surface area contributed by atoms with Gasteiger partial charge in [0.1, 0.15) is 5.75 Å². The molecule has 1 amide bonds. The van der Waals surface area contributed by atoms with Gasteiger partial charge in [0.25, 0.3) is 5.91 Å². The number of hydrogen-bond donors (Lipinski definition) is 2. The summed E-state index contributed by atoms with van der Waals surface area (Å²) in [5.41, 5.74) is 0.921. The molecule has 1 aromatic heterocycles. The van der Waals surface area contributed by atoms with Crippen LogP contribution in [-0.2, 0) is 4.79 Å². The van der Waals surface area contributed by atoms with Crippen LogP contribution < -0.4 is 10.1 Å². The maximum atomic E-state index is 12.8. The Labute approximate surface area is 147 Å². The van der Waals surface area contributed by atoms with Gasteiger partial charge in [-0.05, 0) is 38.0 Å². The minimum Gasteiger partial charge on any atom is -0.497 e. The Morgan fingerprint density at radius 1 is 1.32 bits per heavy atom. The Morgan fingerprint density at radius 2 is 2.00 bits per heavy atom. The highest BCUT2D eigenvalue weighted by Gasteiger charge is 2.33. The maximum absolute atomic E-state index is 12.8. The van der Waals surface area contributed by atoms with Crippen molar-refractivity contribution in [2.75, 3.05) is 7.11 Å². The van der Waals surface area contributed by atoms with Crippen molar-refractivity contribution in [1.82, 2.24) is 10.3 Å². The smallest absolute Gasteiger partial charge is 0.305 e. The SMILES string of the molecule is COc1ccc2cc(C(=O)NC(C)(CC(=O)O)C(C)C)c(C)nc2c1. The number of methoxy groups -OCH3 is 1. The van der Waals surface area contributed by atoms with Crippen LogP contribution in [0.15, 0.2) is 24.3 Å². The minimum atomic E-state index is -0.947. The van der Waals surface area contributed by atoms with Crippen molar-refractivity contribution in [2.24, 2.45) is 5.92 Å². The summed E-state index contributed by atoms with van der Waals surface area (Å²) in [4.78, 5) is 28.4. The third-order valence-corrected chi connectivity index (χ3v) is 4.65. The van der Waals surface area contributed by atoms with Crippen LogP contribution in [0.25, 0.3) is 10.9 Å². The highest BCUT2D eigenvalue weighted by molar-refractivity contribution is 5.99. The molecule has 0 aliphatic rings. The van der Waals surface area contributed by atoms with Gasteiger partial charge in [-0.25, -0.2) is 0 Å². The fourth-order valence-corrected chi connectivity index (χ4v) is 2.63. The molecule has 0 aliphatic carbocycles. The van der Waals surface area contributed by atoms with Crippen LogP contribution >= 0.6 is 0 Å².